The van der Waals surface area contributed by atoms with Gasteiger partial charge in [0, 0.05) is 7.11 Å². The first-order valence-corrected chi connectivity index (χ1v) is 3.88. The summed E-state index contributed by atoms with van der Waals surface area (Å²) < 4.78 is 9.96. The molecule has 0 saturated carbocycles. The minimum Gasteiger partial charge on any atom is -0.389 e. The van der Waals surface area contributed by atoms with Crippen molar-refractivity contribution in [3.8, 4) is 0 Å². The zero-order valence-electron chi connectivity index (χ0n) is 7.18. The molecule has 0 aromatic rings. The molecule has 1 aliphatic rings. The summed E-state index contributed by atoms with van der Waals surface area (Å²) >= 11 is 0. The van der Waals surface area contributed by atoms with Crippen LogP contribution in [0.15, 0.2) is 0 Å². The van der Waals surface area contributed by atoms with Crippen LogP contribution in [0.2, 0.25) is 0 Å². The minimum absolute atomic E-state index is 0.409. The van der Waals surface area contributed by atoms with E-state index in [1.165, 1.54) is 7.11 Å². The van der Waals surface area contributed by atoms with E-state index in [1.54, 1.807) is 6.92 Å². The molecule has 0 aromatic heterocycles. The van der Waals surface area contributed by atoms with Gasteiger partial charge in [-0.3, -0.25) is 0 Å². The summed E-state index contributed by atoms with van der Waals surface area (Å²) in [4.78, 5) is 0. The standard InChI is InChI=1S/C7H15NO4/c1-3-5(9)4(8)6(10)7(11-2)12-3/h3-7,9-10H,8H2,1-2H3/t3-,4+,5-,6-,7+/m1/s1. The molecular formula is C7H15NO4. The van der Waals surface area contributed by atoms with Crippen molar-refractivity contribution in [1.82, 2.24) is 0 Å². The van der Waals surface area contributed by atoms with Crippen LogP contribution in [0.25, 0.3) is 0 Å². The van der Waals surface area contributed by atoms with E-state index in [1.807, 2.05) is 0 Å². The number of hydrogen-bond donors (Lipinski definition) is 3. The Bertz CT molecular complexity index is 150. The zero-order valence-corrected chi connectivity index (χ0v) is 7.18. The molecule has 0 amide bonds. The molecule has 0 aromatic carbocycles. The number of methoxy groups -OCH3 is 1. The lowest BCUT2D eigenvalue weighted by molar-refractivity contribution is -0.258. The molecule has 5 heteroatoms. The molecule has 12 heavy (non-hydrogen) atoms. The number of ether oxygens (including phenoxy) is 2. The van der Waals surface area contributed by atoms with Crippen molar-refractivity contribution in [3.05, 3.63) is 0 Å². The van der Waals surface area contributed by atoms with E-state index in [2.05, 4.69) is 0 Å². The molecule has 1 aliphatic heterocycles. The van der Waals surface area contributed by atoms with Crippen molar-refractivity contribution in [2.45, 2.75) is 37.6 Å². The van der Waals surface area contributed by atoms with E-state index in [-0.39, 0.29) is 0 Å². The minimum atomic E-state index is -0.971. The number of rotatable bonds is 1. The first kappa shape index (κ1) is 9.88. The summed E-state index contributed by atoms with van der Waals surface area (Å²) in [5, 5.41) is 18.8. The Morgan fingerprint density at radius 3 is 2.42 bits per heavy atom. The molecule has 5 nitrogen and oxygen atoms in total. The van der Waals surface area contributed by atoms with Gasteiger partial charge in [-0.2, -0.15) is 0 Å². The van der Waals surface area contributed by atoms with Gasteiger partial charge in [0.1, 0.15) is 6.10 Å². The van der Waals surface area contributed by atoms with Crippen LogP contribution in [0, 0.1) is 0 Å². The lowest BCUT2D eigenvalue weighted by Gasteiger charge is -2.39. The average molecular weight is 177 g/mol. The topological polar surface area (TPSA) is 84.9 Å². The fraction of sp³-hybridized carbons (Fsp3) is 1.00. The molecule has 0 aliphatic carbocycles. The molecule has 72 valence electrons. The van der Waals surface area contributed by atoms with Gasteiger partial charge < -0.3 is 25.4 Å². The SMILES string of the molecule is CO[C@H]1O[C@H](C)[C@@H](O)[C@H](N)[C@H]1O. The van der Waals surface area contributed by atoms with E-state index in [0.717, 1.165) is 0 Å². The summed E-state index contributed by atoms with van der Waals surface area (Å²) in [6.07, 6.45) is -2.96. The van der Waals surface area contributed by atoms with Crippen molar-refractivity contribution < 1.29 is 19.7 Å². The van der Waals surface area contributed by atoms with E-state index >= 15 is 0 Å². The van der Waals surface area contributed by atoms with Crippen LogP contribution in [0.4, 0.5) is 0 Å². The second-order valence-electron chi connectivity index (χ2n) is 3.00. The molecule has 0 radical (unpaired) electrons. The Morgan fingerprint density at radius 1 is 1.33 bits per heavy atom. The number of nitrogens with two attached hydrogens (primary N) is 1. The quantitative estimate of drug-likeness (QED) is 0.450. The van der Waals surface area contributed by atoms with Crippen LogP contribution in [0.5, 0.6) is 0 Å². The van der Waals surface area contributed by atoms with Gasteiger partial charge in [-0.25, -0.2) is 0 Å². The van der Waals surface area contributed by atoms with E-state index in [9.17, 15) is 10.2 Å². The van der Waals surface area contributed by atoms with Crippen LogP contribution in [-0.4, -0.2) is 48.0 Å². The Balaban J connectivity index is 2.63. The fourth-order valence-corrected chi connectivity index (χ4v) is 1.26. The maximum atomic E-state index is 9.39. The van der Waals surface area contributed by atoms with Crippen LogP contribution in [0.1, 0.15) is 6.92 Å². The first-order valence-electron chi connectivity index (χ1n) is 3.88. The molecule has 1 saturated heterocycles. The summed E-state index contributed by atoms with van der Waals surface area (Å²) in [5.74, 6) is 0. The summed E-state index contributed by atoms with van der Waals surface area (Å²) in [7, 11) is 1.42. The van der Waals surface area contributed by atoms with Gasteiger partial charge in [0.25, 0.3) is 0 Å². The highest BCUT2D eigenvalue weighted by atomic mass is 16.7. The van der Waals surface area contributed by atoms with Gasteiger partial charge in [-0.05, 0) is 6.92 Å². The van der Waals surface area contributed by atoms with Crippen LogP contribution in [0.3, 0.4) is 0 Å². The van der Waals surface area contributed by atoms with Gasteiger partial charge in [0.2, 0.25) is 0 Å². The molecule has 1 fully saturated rings. The van der Waals surface area contributed by atoms with Crippen molar-refractivity contribution in [1.29, 1.82) is 0 Å². The Kier molecular flexibility index (Phi) is 3.03. The maximum Gasteiger partial charge on any atom is 0.185 e. The third-order valence-electron chi connectivity index (χ3n) is 2.13. The monoisotopic (exact) mass is 177 g/mol. The lowest BCUT2D eigenvalue weighted by Crippen LogP contribution is -2.60. The third kappa shape index (κ3) is 1.60. The van der Waals surface area contributed by atoms with Crippen LogP contribution < -0.4 is 5.73 Å². The van der Waals surface area contributed by atoms with Crippen molar-refractivity contribution >= 4 is 0 Å². The number of aliphatic hydroxyl groups is 2. The summed E-state index contributed by atoms with van der Waals surface area (Å²) in [6.45, 7) is 1.68. The third-order valence-corrected chi connectivity index (χ3v) is 2.13. The molecule has 5 atom stereocenters. The van der Waals surface area contributed by atoms with Gasteiger partial charge in [-0.15, -0.1) is 0 Å². The smallest absolute Gasteiger partial charge is 0.185 e. The van der Waals surface area contributed by atoms with Gasteiger partial charge >= 0.3 is 0 Å². The Morgan fingerprint density at radius 2 is 1.92 bits per heavy atom. The van der Waals surface area contributed by atoms with Gasteiger partial charge in [-0.1, -0.05) is 0 Å². The van der Waals surface area contributed by atoms with E-state index in [0.29, 0.717) is 0 Å². The highest BCUT2D eigenvalue weighted by Gasteiger charge is 2.40. The van der Waals surface area contributed by atoms with Crippen molar-refractivity contribution in [3.63, 3.8) is 0 Å². The van der Waals surface area contributed by atoms with Gasteiger partial charge in [0.05, 0.1) is 18.2 Å². The fourth-order valence-electron chi connectivity index (χ4n) is 1.26. The van der Waals surface area contributed by atoms with Crippen molar-refractivity contribution in [2.24, 2.45) is 5.73 Å². The molecule has 1 heterocycles. The zero-order chi connectivity index (χ0) is 9.30. The second kappa shape index (κ2) is 3.68. The molecule has 4 N–H and O–H groups in total. The lowest BCUT2D eigenvalue weighted by atomic mass is 9.98. The van der Waals surface area contributed by atoms with Crippen LogP contribution in [-0.2, 0) is 9.47 Å². The van der Waals surface area contributed by atoms with Crippen LogP contribution >= 0.6 is 0 Å². The summed E-state index contributed by atoms with van der Waals surface area (Å²) in [6, 6.07) is -0.710. The van der Waals surface area contributed by atoms with E-state index in [4.69, 9.17) is 15.2 Å². The maximum absolute atomic E-state index is 9.39. The largest absolute Gasteiger partial charge is 0.389 e. The number of hydrogen-bond acceptors (Lipinski definition) is 5. The normalized spacial score (nSPS) is 49.2. The predicted molar refractivity (Wildman–Crippen MR) is 41.3 cm³/mol. The molecule has 0 spiro atoms. The predicted octanol–water partition coefficient (Wildman–Crippen LogP) is -1.57. The molecular weight excluding hydrogens is 162 g/mol. The number of aliphatic hydroxyl groups excluding tert-OH is 2. The Hall–Kier alpha value is -0.200. The molecule has 1 rings (SSSR count). The summed E-state index contributed by atoms with van der Waals surface area (Å²) in [5.41, 5.74) is 5.52. The first-order chi connectivity index (χ1) is 5.57. The highest BCUT2D eigenvalue weighted by Crippen LogP contribution is 2.19. The average Bonchev–Trinajstić information content (AvgIpc) is 2.08. The Labute approximate surface area is 71.1 Å². The van der Waals surface area contributed by atoms with Crippen molar-refractivity contribution in [2.75, 3.05) is 7.11 Å². The molecule has 0 unspecified atom stereocenters. The highest BCUT2D eigenvalue weighted by molar-refractivity contribution is 4.89. The van der Waals surface area contributed by atoms with Gasteiger partial charge in [0.15, 0.2) is 6.29 Å². The molecule has 0 bridgehead atoms. The second-order valence-corrected chi connectivity index (χ2v) is 3.00. The van der Waals surface area contributed by atoms with E-state index < -0.39 is 30.6 Å².